The maximum Gasteiger partial charge on any atom is 0.346 e. The highest BCUT2D eigenvalue weighted by Gasteiger charge is 2.24. The Morgan fingerprint density at radius 3 is 2.88 bits per heavy atom. The molecule has 0 saturated heterocycles. The van der Waals surface area contributed by atoms with Gasteiger partial charge in [-0.3, -0.25) is 14.3 Å². The van der Waals surface area contributed by atoms with E-state index in [9.17, 15) is 9.59 Å². The Bertz CT molecular complexity index is 822. The number of pyridine rings is 1. The topological polar surface area (TPSA) is 81.8 Å². The Hall–Kier alpha value is -2.44. The Morgan fingerprint density at radius 2 is 2.12 bits per heavy atom. The lowest BCUT2D eigenvalue weighted by Gasteiger charge is -2.13. The van der Waals surface area contributed by atoms with Gasteiger partial charge in [0.15, 0.2) is 0 Å². The van der Waals surface area contributed by atoms with Crippen molar-refractivity contribution in [3.63, 3.8) is 0 Å². The molecule has 26 heavy (non-hydrogen) atoms. The van der Waals surface area contributed by atoms with Gasteiger partial charge in [-0.05, 0) is 49.1 Å². The summed E-state index contributed by atoms with van der Waals surface area (Å²) < 4.78 is 3.30. The number of nitrogens with one attached hydrogen (secondary N) is 1. The minimum Gasteiger partial charge on any atom is -0.356 e. The van der Waals surface area contributed by atoms with E-state index in [1.54, 1.807) is 17.0 Å². The molecular formula is C19H25N5O2. The molecule has 7 nitrogen and oxygen atoms in total. The number of fused-ring (bicyclic) bond motifs is 1. The second kappa shape index (κ2) is 7.43. The molecule has 1 N–H and O–H groups in total. The van der Waals surface area contributed by atoms with Crippen molar-refractivity contribution in [1.29, 1.82) is 0 Å². The minimum atomic E-state index is -0.0670. The van der Waals surface area contributed by atoms with Crippen LogP contribution in [0.5, 0.6) is 0 Å². The lowest BCUT2D eigenvalue weighted by atomic mass is 9.96. The molecule has 0 bridgehead atoms. The quantitative estimate of drug-likeness (QED) is 0.848. The van der Waals surface area contributed by atoms with Crippen LogP contribution in [0.1, 0.15) is 43.5 Å². The molecule has 3 heterocycles. The van der Waals surface area contributed by atoms with Crippen LogP contribution in [-0.4, -0.2) is 31.8 Å². The fourth-order valence-corrected chi connectivity index (χ4v) is 3.57. The van der Waals surface area contributed by atoms with E-state index in [0.29, 0.717) is 31.3 Å². The van der Waals surface area contributed by atoms with Crippen molar-refractivity contribution in [3.05, 3.63) is 46.4 Å². The highest BCUT2D eigenvalue weighted by atomic mass is 16.2. The first kappa shape index (κ1) is 17.0. The van der Waals surface area contributed by atoms with Gasteiger partial charge in [0.2, 0.25) is 5.91 Å². The summed E-state index contributed by atoms with van der Waals surface area (Å²) in [4.78, 5) is 28.8. The SMILES string of the molecule is O=C(CC1CCc2nn(Cc3cccnc3)c(=O)n2CC1)NCC1CC1. The number of carbonyl (C=O) groups excluding carboxylic acids is 1. The van der Waals surface area contributed by atoms with E-state index in [0.717, 1.165) is 37.2 Å². The van der Waals surface area contributed by atoms with Gasteiger partial charge in [0, 0.05) is 38.3 Å². The number of rotatable bonds is 6. The van der Waals surface area contributed by atoms with Crippen molar-refractivity contribution >= 4 is 5.91 Å². The van der Waals surface area contributed by atoms with Crippen LogP contribution in [0.25, 0.3) is 0 Å². The number of aromatic nitrogens is 4. The molecule has 0 radical (unpaired) electrons. The summed E-state index contributed by atoms with van der Waals surface area (Å²) in [5.74, 6) is 2.01. The highest BCUT2D eigenvalue weighted by Crippen LogP contribution is 2.28. The van der Waals surface area contributed by atoms with Gasteiger partial charge >= 0.3 is 5.69 Å². The molecule has 1 fully saturated rings. The summed E-state index contributed by atoms with van der Waals surface area (Å²) in [6.07, 6.45) is 9.02. The number of hydrogen-bond donors (Lipinski definition) is 1. The van der Waals surface area contributed by atoms with Crippen LogP contribution in [0.3, 0.4) is 0 Å². The van der Waals surface area contributed by atoms with Crippen LogP contribution < -0.4 is 11.0 Å². The van der Waals surface area contributed by atoms with Gasteiger partial charge in [0.25, 0.3) is 0 Å². The van der Waals surface area contributed by atoms with E-state index >= 15 is 0 Å². The summed E-state index contributed by atoms with van der Waals surface area (Å²) in [5, 5.41) is 7.57. The molecule has 1 amide bonds. The molecule has 1 aliphatic carbocycles. The third-order valence-corrected chi connectivity index (χ3v) is 5.35. The molecular weight excluding hydrogens is 330 g/mol. The number of amides is 1. The van der Waals surface area contributed by atoms with Crippen molar-refractivity contribution in [2.45, 2.75) is 51.6 Å². The molecule has 0 spiro atoms. The van der Waals surface area contributed by atoms with Crippen LogP contribution in [0, 0.1) is 11.8 Å². The fraction of sp³-hybridized carbons (Fsp3) is 0.579. The molecule has 0 aromatic carbocycles. The van der Waals surface area contributed by atoms with Crippen molar-refractivity contribution in [3.8, 4) is 0 Å². The van der Waals surface area contributed by atoms with E-state index in [1.807, 2.05) is 12.1 Å². The zero-order valence-electron chi connectivity index (χ0n) is 14.9. The van der Waals surface area contributed by atoms with Crippen LogP contribution in [0.15, 0.2) is 29.3 Å². The molecule has 1 atom stereocenters. The first-order chi connectivity index (χ1) is 12.7. The predicted molar refractivity (Wildman–Crippen MR) is 96.6 cm³/mol. The third kappa shape index (κ3) is 4.03. The second-order valence-electron chi connectivity index (χ2n) is 7.51. The molecule has 2 aromatic heterocycles. The Labute approximate surface area is 152 Å². The van der Waals surface area contributed by atoms with E-state index in [4.69, 9.17) is 0 Å². The standard InChI is InChI=1S/C19H25N5O2/c25-18(21-12-15-3-4-15)10-14-5-6-17-22-24(19(26)23(17)9-7-14)13-16-2-1-8-20-11-16/h1-2,8,11,14-15H,3-7,9-10,12-13H2,(H,21,25). The van der Waals surface area contributed by atoms with Crippen molar-refractivity contribution < 1.29 is 4.79 Å². The van der Waals surface area contributed by atoms with Crippen LogP contribution in [0.2, 0.25) is 0 Å². The molecule has 138 valence electrons. The lowest BCUT2D eigenvalue weighted by molar-refractivity contribution is -0.122. The number of carbonyl (C=O) groups is 1. The van der Waals surface area contributed by atoms with Gasteiger partial charge in [-0.15, -0.1) is 0 Å². The largest absolute Gasteiger partial charge is 0.356 e. The average molecular weight is 355 g/mol. The minimum absolute atomic E-state index is 0.0670. The van der Waals surface area contributed by atoms with Gasteiger partial charge in [0.05, 0.1) is 6.54 Å². The highest BCUT2D eigenvalue weighted by molar-refractivity contribution is 5.76. The van der Waals surface area contributed by atoms with Gasteiger partial charge in [-0.2, -0.15) is 5.10 Å². The molecule has 1 unspecified atom stereocenters. The monoisotopic (exact) mass is 355 g/mol. The van der Waals surface area contributed by atoms with Gasteiger partial charge in [-0.1, -0.05) is 6.07 Å². The Balaban J connectivity index is 1.36. The van der Waals surface area contributed by atoms with E-state index in [1.165, 1.54) is 17.5 Å². The number of nitrogens with zero attached hydrogens (tertiary/aromatic N) is 4. The number of hydrogen-bond acceptors (Lipinski definition) is 4. The van der Waals surface area contributed by atoms with Crippen molar-refractivity contribution in [1.82, 2.24) is 24.6 Å². The average Bonchev–Trinajstić information content (AvgIpc) is 3.45. The van der Waals surface area contributed by atoms with Crippen molar-refractivity contribution in [2.75, 3.05) is 6.54 Å². The third-order valence-electron chi connectivity index (χ3n) is 5.35. The summed E-state index contributed by atoms with van der Waals surface area (Å²) in [7, 11) is 0. The summed E-state index contributed by atoms with van der Waals surface area (Å²) in [6, 6.07) is 3.81. The molecule has 1 aliphatic heterocycles. The second-order valence-corrected chi connectivity index (χ2v) is 7.51. The Morgan fingerprint density at radius 1 is 1.23 bits per heavy atom. The van der Waals surface area contributed by atoms with Crippen molar-refractivity contribution in [2.24, 2.45) is 11.8 Å². The van der Waals surface area contributed by atoms with Crippen LogP contribution >= 0.6 is 0 Å². The van der Waals surface area contributed by atoms with E-state index < -0.39 is 0 Å². The zero-order valence-corrected chi connectivity index (χ0v) is 14.9. The van der Waals surface area contributed by atoms with Crippen LogP contribution in [-0.2, 0) is 24.3 Å². The molecule has 2 aromatic rings. The first-order valence-corrected chi connectivity index (χ1v) is 9.51. The van der Waals surface area contributed by atoms with Crippen LogP contribution in [0.4, 0.5) is 0 Å². The maximum absolute atomic E-state index is 12.6. The molecule has 7 heteroatoms. The number of aryl methyl sites for hydroxylation is 1. The van der Waals surface area contributed by atoms with Gasteiger partial charge in [-0.25, -0.2) is 9.48 Å². The van der Waals surface area contributed by atoms with Gasteiger partial charge in [0.1, 0.15) is 5.82 Å². The lowest BCUT2D eigenvalue weighted by Crippen LogP contribution is -2.28. The molecule has 4 rings (SSSR count). The summed E-state index contributed by atoms with van der Waals surface area (Å²) in [5.41, 5.74) is 0.899. The Kier molecular flexibility index (Phi) is 4.86. The van der Waals surface area contributed by atoms with E-state index in [2.05, 4.69) is 15.4 Å². The predicted octanol–water partition coefficient (Wildman–Crippen LogP) is 1.36. The summed E-state index contributed by atoms with van der Waals surface area (Å²) >= 11 is 0. The van der Waals surface area contributed by atoms with Gasteiger partial charge < -0.3 is 5.32 Å². The zero-order chi connectivity index (χ0) is 17.9. The molecule has 2 aliphatic rings. The van der Waals surface area contributed by atoms with E-state index in [-0.39, 0.29) is 11.6 Å². The smallest absolute Gasteiger partial charge is 0.346 e. The maximum atomic E-state index is 12.6. The normalized spacial score (nSPS) is 19.6. The first-order valence-electron chi connectivity index (χ1n) is 9.51. The summed E-state index contributed by atoms with van der Waals surface area (Å²) in [6.45, 7) is 1.91. The fourth-order valence-electron chi connectivity index (χ4n) is 3.57. The molecule has 1 saturated carbocycles.